The Morgan fingerprint density at radius 3 is 2.14 bits per heavy atom. The van der Waals surface area contributed by atoms with Crippen molar-refractivity contribution in [3.63, 3.8) is 0 Å². The molecule has 0 aliphatic heterocycles. The molecule has 9 heteroatoms. The molecule has 0 bridgehead atoms. The van der Waals surface area contributed by atoms with Crippen molar-refractivity contribution in [3.05, 3.63) is 35.9 Å². The molecular formula is C19H26N2O6S. The van der Waals surface area contributed by atoms with E-state index in [-0.39, 0.29) is 31.6 Å². The van der Waals surface area contributed by atoms with Gasteiger partial charge in [-0.05, 0) is 30.6 Å². The molecule has 2 amide bonds. The van der Waals surface area contributed by atoms with Crippen LogP contribution in [0.2, 0.25) is 0 Å². The molecule has 1 rings (SSSR count). The van der Waals surface area contributed by atoms with E-state index >= 15 is 0 Å². The van der Waals surface area contributed by atoms with E-state index in [1.807, 2.05) is 6.07 Å². The Bertz CT molecular complexity index is 668. The van der Waals surface area contributed by atoms with Crippen molar-refractivity contribution in [2.75, 3.05) is 5.75 Å². The molecule has 0 saturated carbocycles. The quantitative estimate of drug-likeness (QED) is 0.246. The monoisotopic (exact) mass is 410 g/mol. The first-order valence-corrected chi connectivity index (χ1v) is 9.65. The second-order valence-corrected chi connectivity index (χ2v) is 6.77. The third-order valence-electron chi connectivity index (χ3n) is 4.01. The highest BCUT2D eigenvalue weighted by atomic mass is 32.1. The highest BCUT2D eigenvalue weighted by molar-refractivity contribution is 7.80. The zero-order valence-corrected chi connectivity index (χ0v) is 16.4. The molecule has 1 aromatic carbocycles. The maximum absolute atomic E-state index is 12.5. The van der Waals surface area contributed by atoms with Crippen molar-refractivity contribution < 1.29 is 29.4 Å². The topological polar surface area (TPSA) is 133 Å². The third-order valence-corrected chi connectivity index (χ3v) is 4.27. The minimum absolute atomic E-state index is 0.0202. The van der Waals surface area contributed by atoms with Gasteiger partial charge in [0, 0.05) is 19.3 Å². The van der Waals surface area contributed by atoms with E-state index in [9.17, 15) is 24.3 Å². The highest BCUT2D eigenvalue weighted by Gasteiger charge is 2.26. The van der Waals surface area contributed by atoms with Gasteiger partial charge >= 0.3 is 11.9 Å². The largest absolute Gasteiger partial charge is 0.481 e. The van der Waals surface area contributed by atoms with Crippen LogP contribution in [0.3, 0.4) is 0 Å². The first kappa shape index (κ1) is 23.5. The molecule has 4 N–H and O–H groups in total. The zero-order chi connectivity index (χ0) is 20.9. The van der Waals surface area contributed by atoms with Crippen LogP contribution < -0.4 is 10.6 Å². The number of hydrogen-bond acceptors (Lipinski definition) is 5. The lowest BCUT2D eigenvalue weighted by Crippen LogP contribution is -2.52. The van der Waals surface area contributed by atoms with E-state index in [0.29, 0.717) is 18.6 Å². The molecule has 0 fully saturated rings. The number of benzene rings is 1. The molecule has 2 atom stereocenters. The van der Waals surface area contributed by atoms with Gasteiger partial charge in [-0.25, -0.2) is 4.79 Å². The van der Waals surface area contributed by atoms with Crippen molar-refractivity contribution in [2.24, 2.45) is 0 Å². The summed E-state index contributed by atoms with van der Waals surface area (Å²) in [5.41, 5.74) is 0.767. The number of nitrogens with one attached hydrogen (secondary N) is 2. The number of hydrogen-bond donors (Lipinski definition) is 5. The second-order valence-electron chi connectivity index (χ2n) is 6.32. The van der Waals surface area contributed by atoms with Crippen LogP contribution in [0.25, 0.3) is 0 Å². The highest BCUT2D eigenvalue weighted by Crippen LogP contribution is 2.06. The third kappa shape index (κ3) is 9.40. The molecule has 8 nitrogen and oxygen atoms in total. The van der Waals surface area contributed by atoms with Gasteiger partial charge in [-0.3, -0.25) is 14.4 Å². The van der Waals surface area contributed by atoms with Crippen LogP contribution in [0.15, 0.2) is 30.3 Å². The first-order valence-electron chi connectivity index (χ1n) is 9.02. The number of aliphatic carboxylic acids is 2. The lowest BCUT2D eigenvalue weighted by molar-refractivity contribution is -0.142. The van der Waals surface area contributed by atoms with E-state index in [1.165, 1.54) is 0 Å². The molecule has 0 spiro atoms. The maximum Gasteiger partial charge on any atom is 0.326 e. The summed E-state index contributed by atoms with van der Waals surface area (Å²) in [5, 5.41) is 23.0. The molecule has 1 unspecified atom stereocenters. The van der Waals surface area contributed by atoms with Gasteiger partial charge in [-0.1, -0.05) is 30.3 Å². The van der Waals surface area contributed by atoms with Crippen molar-refractivity contribution in [3.8, 4) is 0 Å². The van der Waals surface area contributed by atoms with Crippen LogP contribution in [0, 0.1) is 0 Å². The lowest BCUT2D eigenvalue weighted by Gasteiger charge is -2.21. The molecule has 0 aliphatic rings. The summed E-state index contributed by atoms with van der Waals surface area (Å²) < 4.78 is 0. The Hall–Kier alpha value is -2.55. The van der Waals surface area contributed by atoms with Crippen LogP contribution in [0.1, 0.15) is 37.7 Å². The number of unbranched alkanes of at least 4 members (excludes halogenated alkanes) is 1. The predicted octanol–water partition coefficient (Wildman–Crippen LogP) is 1.25. The first-order chi connectivity index (χ1) is 13.3. The summed E-state index contributed by atoms with van der Waals surface area (Å²) in [6.45, 7) is 0. The Kier molecular flexibility index (Phi) is 10.7. The van der Waals surface area contributed by atoms with E-state index in [0.717, 1.165) is 5.56 Å². The predicted molar refractivity (Wildman–Crippen MR) is 106 cm³/mol. The van der Waals surface area contributed by atoms with Crippen molar-refractivity contribution >= 4 is 36.4 Å². The molecule has 154 valence electrons. The minimum atomic E-state index is -1.16. The summed E-state index contributed by atoms with van der Waals surface area (Å²) in [4.78, 5) is 46.5. The van der Waals surface area contributed by atoms with Crippen molar-refractivity contribution in [1.82, 2.24) is 10.6 Å². The average Bonchev–Trinajstić information content (AvgIpc) is 2.65. The van der Waals surface area contributed by atoms with Gasteiger partial charge in [-0.15, -0.1) is 0 Å². The Labute approximate surface area is 169 Å². The smallest absolute Gasteiger partial charge is 0.326 e. The number of carbonyl (C=O) groups excluding carboxylic acids is 2. The summed E-state index contributed by atoms with van der Waals surface area (Å²) in [6.07, 6.45) is 1.19. The normalized spacial score (nSPS) is 12.6. The summed E-state index contributed by atoms with van der Waals surface area (Å²) in [5.74, 6) is -2.74. The average molecular weight is 410 g/mol. The zero-order valence-electron chi connectivity index (χ0n) is 15.5. The molecular weight excluding hydrogens is 384 g/mol. The standard InChI is InChI=1S/C19H26N2O6S/c22-16(8-4-5-9-17(23)24)20-14(10-11-28)18(25)21-15(19(26)27)12-13-6-2-1-3-7-13/h1-3,6-7,14-15,28H,4-5,8-12H2,(H,20,22)(H,21,25)(H,23,24)(H,26,27)/t14?,15-/m1/s1. The Balaban J connectivity index is 2.61. The lowest BCUT2D eigenvalue weighted by atomic mass is 10.1. The number of carbonyl (C=O) groups is 4. The van der Waals surface area contributed by atoms with Crippen molar-refractivity contribution in [2.45, 2.75) is 50.6 Å². The van der Waals surface area contributed by atoms with E-state index < -0.39 is 29.9 Å². The van der Waals surface area contributed by atoms with Crippen LogP contribution in [-0.2, 0) is 25.6 Å². The van der Waals surface area contributed by atoms with E-state index in [1.54, 1.807) is 24.3 Å². The fraction of sp³-hybridized carbons (Fsp3) is 0.474. The van der Waals surface area contributed by atoms with Crippen LogP contribution in [0.5, 0.6) is 0 Å². The maximum atomic E-state index is 12.5. The van der Waals surface area contributed by atoms with Gasteiger partial charge in [-0.2, -0.15) is 12.6 Å². The van der Waals surface area contributed by atoms with Gasteiger partial charge in [0.05, 0.1) is 0 Å². The summed E-state index contributed by atoms with van der Waals surface area (Å²) >= 11 is 4.08. The van der Waals surface area contributed by atoms with E-state index in [4.69, 9.17) is 5.11 Å². The van der Waals surface area contributed by atoms with Gasteiger partial charge in [0.1, 0.15) is 12.1 Å². The Morgan fingerprint density at radius 1 is 0.929 bits per heavy atom. The van der Waals surface area contributed by atoms with Gasteiger partial charge in [0.15, 0.2) is 0 Å². The SMILES string of the molecule is O=C(O)CCCCC(=O)NC(CCS)C(=O)N[C@H](Cc1ccccc1)C(=O)O. The number of thiol groups is 1. The summed E-state index contributed by atoms with van der Waals surface area (Å²) in [6, 6.07) is 6.89. The fourth-order valence-corrected chi connectivity index (χ4v) is 2.81. The minimum Gasteiger partial charge on any atom is -0.481 e. The van der Waals surface area contributed by atoms with E-state index in [2.05, 4.69) is 23.3 Å². The fourth-order valence-electron chi connectivity index (χ4n) is 2.55. The Morgan fingerprint density at radius 2 is 1.57 bits per heavy atom. The molecule has 28 heavy (non-hydrogen) atoms. The number of rotatable bonds is 13. The molecule has 1 aromatic rings. The number of amides is 2. The second kappa shape index (κ2) is 12.8. The molecule has 0 saturated heterocycles. The van der Waals surface area contributed by atoms with Crippen LogP contribution >= 0.6 is 12.6 Å². The van der Waals surface area contributed by atoms with Crippen molar-refractivity contribution in [1.29, 1.82) is 0 Å². The molecule has 0 heterocycles. The van der Waals surface area contributed by atoms with Crippen LogP contribution in [-0.4, -0.2) is 51.8 Å². The molecule has 0 aromatic heterocycles. The molecule has 0 radical (unpaired) electrons. The number of carboxylic acid groups (broad SMARTS) is 2. The van der Waals surface area contributed by atoms with Gasteiger partial charge in [0.25, 0.3) is 0 Å². The van der Waals surface area contributed by atoms with Gasteiger partial charge in [0.2, 0.25) is 11.8 Å². The molecule has 0 aliphatic carbocycles. The summed E-state index contributed by atoms with van der Waals surface area (Å²) in [7, 11) is 0. The number of carboxylic acids is 2. The van der Waals surface area contributed by atoms with Crippen LogP contribution in [0.4, 0.5) is 0 Å². The van der Waals surface area contributed by atoms with Gasteiger partial charge < -0.3 is 20.8 Å².